The predicted molar refractivity (Wildman–Crippen MR) is 91.3 cm³/mol. The molecule has 7 nitrogen and oxygen atoms in total. The second-order valence-electron chi connectivity index (χ2n) is 7.03. The average molecular weight is 329 g/mol. The van der Waals surface area contributed by atoms with Gasteiger partial charge in [-0.25, -0.2) is 14.8 Å². The van der Waals surface area contributed by atoms with Crippen molar-refractivity contribution < 1.29 is 9.90 Å². The third kappa shape index (κ3) is 2.79. The first-order valence-electron chi connectivity index (χ1n) is 8.70. The largest absolute Gasteiger partial charge is 0.465 e. The molecule has 1 saturated heterocycles. The summed E-state index contributed by atoms with van der Waals surface area (Å²) in [6, 6.07) is 0.0898. The van der Waals surface area contributed by atoms with E-state index in [0.29, 0.717) is 19.0 Å². The minimum absolute atomic E-state index is 0.0898. The molecule has 1 unspecified atom stereocenters. The molecule has 3 heterocycles. The monoisotopic (exact) mass is 329 g/mol. The van der Waals surface area contributed by atoms with Crippen LogP contribution in [0.5, 0.6) is 0 Å². The first-order valence-corrected chi connectivity index (χ1v) is 8.70. The zero-order valence-electron chi connectivity index (χ0n) is 13.8. The zero-order valence-corrected chi connectivity index (χ0v) is 13.8. The average Bonchev–Trinajstić information content (AvgIpc) is 3.34. The van der Waals surface area contributed by atoms with Gasteiger partial charge in [-0.2, -0.15) is 0 Å². The molecule has 1 aliphatic heterocycles. The number of carboxylic acid groups (broad SMARTS) is 1. The lowest BCUT2D eigenvalue weighted by Crippen LogP contribution is -2.44. The maximum absolute atomic E-state index is 11.2. The van der Waals surface area contributed by atoms with E-state index in [4.69, 9.17) is 0 Å². The summed E-state index contributed by atoms with van der Waals surface area (Å²) in [6.45, 7) is 3.38. The van der Waals surface area contributed by atoms with Crippen LogP contribution in [0.1, 0.15) is 44.1 Å². The van der Waals surface area contributed by atoms with Gasteiger partial charge in [0.1, 0.15) is 17.8 Å². The first kappa shape index (κ1) is 15.2. The number of hydrogen-bond donors (Lipinski definition) is 3. The van der Waals surface area contributed by atoms with Crippen molar-refractivity contribution in [2.24, 2.45) is 5.92 Å². The standard InChI is InChI=1S/C17H23N5O2/c1-10(11-4-5-11)13-7-18-15-14(13)16(20-9-19-15)21-12-3-2-6-22(8-12)17(23)24/h7,9-12H,2-6,8H2,1H3,(H,23,24)(H2,18,19,20,21)/t10?,12-/m1/s1. The van der Waals surface area contributed by atoms with Gasteiger partial charge in [0.05, 0.1) is 5.39 Å². The predicted octanol–water partition coefficient (Wildman–Crippen LogP) is 3.03. The Morgan fingerprint density at radius 3 is 3.00 bits per heavy atom. The summed E-state index contributed by atoms with van der Waals surface area (Å²) in [5.74, 6) is 2.07. The molecule has 4 rings (SSSR count). The van der Waals surface area contributed by atoms with Crippen molar-refractivity contribution in [3.63, 3.8) is 0 Å². The Hall–Kier alpha value is -2.31. The van der Waals surface area contributed by atoms with Crippen LogP contribution in [-0.2, 0) is 0 Å². The molecule has 128 valence electrons. The number of H-pyrrole nitrogens is 1. The number of hydrogen-bond acceptors (Lipinski definition) is 4. The van der Waals surface area contributed by atoms with Crippen molar-refractivity contribution in [2.75, 3.05) is 18.4 Å². The molecule has 2 aliphatic rings. The molecular formula is C17H23N5O2. The van der Waals surface area contributed by atoms with E-state index in [9.17, 15) is 9.90 Å². The van der Waals surface area contributed by atoms with E-state index in [1.807, 2.05) is 0 Å². The van der Waals surface area contributed by atoms with Gasteiger partial charge >= 0.3 is 6.09 Å². The number of piperidine rings is 1. The number of fused-ring (bicyclic) bond motifs is 1. The highest BCUT2D eigenvalue weighted by Gasteiger charge is 2.31. The second-order valence-corrected chi connectivity index (χ2v) is 7.03. The van der Waals surface area contributed by atoms with Gasteiger partial charge in [0.2, 0.25) is 0 Å². The molecule has 1 amide bonds. The summed E-state index contributed by atoms with van der Waals surface area (Å²) in [6.07, 6.45) is 7.17. The Labute approximate surface area is 140 Å². The number of nitrogens with one attached hydrogen (secondary N) is 2. The van der Waals surface area contributed by atoms with Gasteiger partial charge in [-0.3, -0.25) is 0 Å². The van der Waals surface area contributed by atoms with Crippen LogP contribution in [0.4, 0.5) is 10.6 Å². The van der Waals surface area contributed by atoms with Crippen LogP contribution in [0.25, 0.3) is 11.0 Å². The highest BCUT2D eigenvalue weighted by molar-refractivity contribution is 5.91. The highest BCUT2D eigenvalue weighted by atomic mass is 16.4. The molecule has 7 heteroatoms. The molecule has 1 saturated carbocycles. The van der Waals surface area contributed by atoms with Gasteiger partial charge in [0, 0.05) is 25.3 Å². The van der Waals surface area contributed by atoms with Crippen LogP contribution in [0.3, 0.4) is 0 Å². The summed E-state index contributed by atoms with van der Waals surface area (Å²) in [7, 11) is 0. The molecule has 0 spiro atoms. The van der Waals surface area contributed by atoms with Crippen LogP contribution in [0.2, 0.25) is 0 Å². The van der Waals surface area contributed by atoms with E-state index < -0.39 is 6.09 Å². The van der Waals surface area contributed by atoms with Gasteiger partial charge in [-0.1, -0.05) is 6.92 Å². The summed E-state index contributed by atoms with van der Waals surface area (Å²) >= 11 is 0. The molecule has 0 radical (unpaired) electrons. The van der Waals surface area contributed by atoms with E-state index >= 15 is 0 Å². The van der Waals surface area contributed by atoms with Crippen molar-refractivity contribution in [3.8, 4) is 0 Å². The lowest BCUT2D eigenvalue weighted by Gasteiger charge is -2.31. The number of nitrogens with zero attached hydrogens (tertiary/aromatic N) is 3. The molecule has 2 fully saturated rings. The van der Waals surface area contributed by atoms with E-state index in [-0.39, 0.29) is 6.04 Å². The number of carbonyl (C=O) groups is 1. The molecule has 0 bridgehead atoms. The lowest BCUT2D eigenvalue weighted by atomic mass is 9.96. The number of anilines is 1. The van der Waals surface area contributed by atoms with Crippen molar-refractivity contribution in [1.29, 1.82) is 0 Å². The molecule has 24 heavy (non-hydrogen) atoms. The van der Waals surface area contributed by atoms with E-state index in [1.165, 1.54) is 23.3 Å². The van der Waals surface area contributed by atoms with Gasteiger partial charge < -0.3 is 20.3 Å². The number of likely N-dealkylation sites (tertiary alicyclic amines) is 1. The SMILES string of the molecule is CC(c1c[nH]c2ncnc(N[C@@H]3CCCN(C(=O)O)C3)c12)C1CC1. The minimum Gasteiger partial charge on any atom is -0.465 e. The van der Waals surface area contributed by atoms with Crippen LogP contribution < -0.4 is 5.32 Å². The van der Waals surface area contributed by atoms with Crippen LogP contribution >= 0.6 is 0 Å². The van der Waals surface area contributed by atoms with E-state index in [1.54, 1.807) is 6.33 Å². The van der Waals surface area contributed by atoms with Crippen molar-refractivity contribution in [1.82, 2.24) is 19.9 Å². The zero-order chi connectivity index (χ0) is 16.7. The number of rotatable bonds is 4. The molecule has 3 N–H and O–H groups in total. The van der Waals surface area contributed by atoms with Crippen molar-refractivity contribution in [3.05, 3.63) is 18.1 Å². The smallest absolute Gasteiger partial charge is 0.407 e. The molecule has 0 aromatic carbocycles. The topological polar surface area (TPSA) is 94.1 Å². The lowest BCUT2D eigenvalue weighted by molar-refractivity contribution is 0.133. The Kier molecular flexibility index (Phi) is 3.78. The quantitative estimate of drug-likeness (QED) is 0.801. The van der Waals surface area contributed by atoms with Gasteiger partial charge in [0.15, 0.2) is 0 Å². The molecular weight excluding hydrogens is 306 g/mol. The van der Waals surface area contributed by atoms with E-state index in [0.717, 1.165) is 35.6 Å². The summed E-state index contributed by atoms with van der Waals surface area (Å²) in [5.41, 5.74) is 2.11. The maximum atomic E-state index is 11.2. The summed E-state index contributed by atoms with van der Waals surface area (Å²) < 4.78 is 0. The normalized spacial score (nSPS) is 22.5. The summed E-state index contributed by atoms with van der Waals surface area (Å²) in [4.78, 5) is 24.8. The summed E-state index contributed by atoms with van der Waals surface area (Å²) in [5, 5.41) is 13.7. The fourth-order valence-corrected chi connectivity index (χ4v) is 3.77. The maximum Gasteiger partial charge on any atom is 0.407 e. The number of amides is 1. The third-order valence-electron chi connectivity index (χ3n) is 5.35. The van der Waals surface area contributed by atoms with Crippen molar-refractivity contribution in [2.45, 2.75) is 44.6 Å². The fraction of sp³-hybridized carbons (Fsp3) is 0.588. The Morgan fingerprint density at radius 2 is 2.25 bits per heavy atom. The van der Waals surface area contributed by atoms with Gasteiger partial charge in [0.25, 0.3) is 0 Å². The number of aromatic amines is 1. The van der Waals surface area contributed by atoms with Gasteiger partial charge in [-0.15, -0.1) is 0 Å². The van der Waals surface area contributed by atoms with E-state index in [2.05, 4.69) is 33.4 Å². The van der Waals surface area contributed by atoms with Gasteiger partial charge in [-0.05, 0) is 43.1 Å². The minimum atomic E-state index is -0.848. The van der Waals surface area contributed by atoms with Crippen LogP contribution in [0.15, 0.2) is 12.5 Å². The van der Waals surface area contributed by atoms with Crippen LogP contribution in [-0.4, -0.2) is 50.2 Å². The van der Waals surface area contributed by atoms with Crippen LogP contribution in [0, 0.1) is 5.92 Å². The Bertz CT molecular complexity index is 755. The second kappa shape index (κ2) is 5.96. The first-order chi connectivity index (χ1) is 11.6. The number of aromatic nitrogens is 3. The fourth-order valence-electron chi connectivity index (χ4n) is 3.77. The van der Waals surface area contributed by atoms with Crippen molar-refractivity contribution >= 4 is 22.9 Å². The molecule has 1 aliphatic carbocycles. The Balaban J connectivity index is 1.61. The third-order valence-corrected chi connectivity index (χ3v) is 5.35. The molecule has 2 atom stereocenters. The molecule has 2 aromatic rings. The molecule has 2 aromatic heterocycles. The Morgan fingerprint density at radius 1 is 1.42 bits per heavy atom. The highest BCUT2D eigenvalue weighted by Crippen LogP contribution is 2.44.